The van der Waals surface area contributed by atoms with E-state index in [-0.39, 0.29) is 29.8 Å². The van der Waals surface area contributed by atoms with Gasteiger partial charge in [0.15, 0.2) is 0 Å². The molecule has 6 heteroatoms. The van der Waals surface area contributed by atoms with Crippen molar-refractivity contribution in [2.75, 3.05) is 5.32 Å². The maximum absolute atomic E-state index is 13.5. The summed E-state index contributed by atoms with van der Waals surface area (Å²) in [7, 11) is 0. The molecule has 0 bridgehead atoms. The lowest BCUT2D eigenvalue weighted by Gasteiger charge is -2.23. The number of anilines is 1. The number of amides is 1. The van der Waals surface area contributed by atoms with E-state index in [0.717, 1.165) is 5.56 Å². The Morgan fingerprint density at radius 2 is 2.04 bits per heavy atom. The summed E-state index contributed by atoms with van der Waals surface area (Å²) < 4.78 is 15.2. The van der Waals surface area contributed by atoms with Gasteiger partial charge in [-0.05, 0) is 35.9 Å². The van der Waals surface area contributed by atoms with Crippen LogP contribution in [0.2, 0.25) is 0 Å². The second kappa shape index (κ2) is 5.49. The third kappa shape index (κ3) is 2.42. The second-order valence-electron chi connectivity index (χ2n) is 5.73. The number of rotatable bonds is 2. The van der Waals surface area contributed by atoms with E-state index in [9.17, 15) is 14.3 Å². The van der Waals surface area contributed by atoms with Gasteiger partial charge in [-0.2, -0.15) is 0 Å². The molecule has 1 aliphatic rings. The number of hydrogen-bond donors (Lipinski definition) is 2. The van der Waals surface area contributed by atoms with E-state index in [1.165, 1.54) is 12.1 Å². The quantitative estimate of drug-likeness (QED) is 0.761. The molecule has 0 spiro atoms. The lowest BCUT2D eigenvalue weighted by atomic mass is 9.90. The number of carbonyl (C=O) groups excluding carboxylic acids is 1. The van der Waals surface area contributed by atoms with E-state index in [1.54, 1.807) is 41.2 Å². The minimum Gasteiger partial charge on any atom is -0.508 e. The number of carbonyl (C=O) groups is 1. The van der Waals surface area contributed by atoms with Crippen LogP contribution in [0, 0.1) is 5.82 Å². The van der Waals surface area contributed by atoms with Crippen molar-refractivity contribution in [1.82, 2.24) is 9.55 Å². The van der Waals surface area contributed by atoms with Crippen LogP contribution in [0.5, 0.6) is 5.75 Å². The highest BCUT2D eigenvalue weighted by molar-refractivity contribution is 5.94. The second-order valence-corrected chi connectivity index (χ2v) is 5.73. The van der Waals surface area contributed by atoms with Crippen molar-refractivity contribution in [1.29, 1.82) is 0 Å². The van der Waals surface area contributed by atoms with E-state index >= 15 is 0 Å². The summed E-state index contributed by atoms with van der Waals surface area (Å²) in [5, 5.41) is 12.5. The minimum atomic E-state index is -0.360. The molecule has 1 aliphatic heterocycles. The molecule has 3 aromatic rings. The molecule has 0 radical (unpaired) electrons. The average molecular weight is 323 g/mol. The number of aromatic nitrogens is 2. The summed E-state index contributed by atoms with van der Waals surface area (Å²) in [6.07, 6.45) is 1.82. The van der Waals surface area contributed by atoms with E-state index in [0.29, 0.717) is 17.2 Å². The molecule has 1 unspecified atom stereocenters. The number of benzene rings is 2. The average Bonchev–Trinajstić information content (AvgIpc) is 2.97. The summed E-state index contributed by atoms with van der Waals surface area (Å²) in [6.45, 7) is 0. The molecule has 0 fully saturated rings. The van der Waals surface area contributed by atoms with Crippen LogP contribution in [0.25, 0.3) is 5.69 Å². The first kappa shape index (κ1) is 14.4. The van der Waals surface area contributed by atoms with Gasteiger partial charge in [0.2, 0.25) is 5.91 Å². The molecular formula is C18H14FN3O2. The summed E-state index contributed by atoms with van der Waals surface area (Å²) in [5.74, 6) is -0.0824. The van der Waals surface area contributed by atoms with Gasteiger partial charge in [-0.1, -0.05) is 18.2 Å². The Bertz CT molecular complexity index is 936. The van der Waals surface area contributed by atoms with Crippen LogP contribution >= 0.6 is 0 Å². The van der Waals surface area contributed by atoms with Crippen molar-refractivity contribution >= 4 is 11.7 Å². The summed E-state index contributed by atoms with van der Waals surface area (Å²) in [4.78, 5) is 16.6. The topological polar surface area (TPSA) is 67.1 Å². The highest BCUT2D eigenvalue weighted by atomic mass is 19.1. The number of imidazole rings is 1. The van der Waals surface area contributed by atoms with Crippen LogP contribution in [0.3, 0.4) is 0 Å². The number of phenolic OH excluding ortho intramolecular Hbond substituents is 1. The molecule has 1 atom stereocenters. The lowest BCUT2D eigenvalue weighted by molar-refractivity contribution is -0.116. The fourth-order valence-corrected chi connectivity index (χ4v) is 3.05. The fourth-order valence-electron chi connectivity index (χ4n) is 3.05. The highest BCUT2D eigenvalue weighted by Crippen LogP contribution is 2.38. The molecule has 2 aromatic carbocycles. The summed E-state index contributed by atoms with van der Waals surface area (Å²) in [5.41, 5.74) is 2.10. The third-order valence-electron chi connectivity index (χ3n) is 4.13. The first-order valence-electron chi connectivity index (χ1n) is 7.54. The van der Waals surface area contributed by atoms with Crippen LogP contribution in [0.15, 0.2) is 54.9 Å². The fraction of sp³-hybridized carbons (Fsp3) is 0.111. The number of nitrogens with zero attached hydrogens (tertiary/aromatic N) is 2. The van der Waals surface area contributed by atoms with Crippen molar-refractivity contribution in [2.24, 2.45) is 0 Å². The van der Waals surface area contributed by atoms with Crippen molar-refractivity contribution < 1.29 is 14.3 Å². The van der Waals surface area contributed by atoms with Crippen LogP contribution in [0.1, 0.15) is 23.6 Å². The molecule has 24 heavy (non-hydrogen) atoms. The number of halogens is 1. The summed E-state index contributed by atoms with van der Waals surface area (Å²) >= 11 is 0. The third-order valence-corrected chi connectivity index (χ3v) is 4.13. The molecule has 2 heterocycles. The maximum atomic E-state index is 13.5. The molecule has 4 rings (SSSR count). The Balaban J connectivity index is 1.83. The molecule has 0 saturated heterocycles. The van der Waals surface area contributed by atoms with Gasteiger partial charge >= 0.3 is 0 Å². The molecule has 5 nitrogen and oxygen atoms in total. The van der Waals surface area contributed by atoms with E-state index in [2.05, 4.69) is 10.3 Å². The number of aromatic hydroxyl groups is 1. The van der Waals surface area contributed by atoms with Gasteiger partial charge in [0.1, 0.15) is 23.7 Å². The van der Waals surface area contributed by atoms with Gasteiger partial charge in [0.05, 0.1) is 11.4 Å². The first-order valence-corrected chi connectivity index (χ1v) is 7.54. The molecule has 0 aliphatic carbocycles. The Morgan fingerprint density at radius 1 is 1.21 bits per heavy atom. The summed E-state index contributed by atoms with van der Waals surface area (Å²) in [6, 6.07) is 12.9. The Morgan fingerprint density at radius 3 is 2.83 bits per heavy atom. The zero-order valence-electron chi connectivity index (χ0n) is 12.6. The molecular weight excluding hydrogens is 309 g/mol. The van der Waals surface area contributed by atoms with E-state index in [4.69, 9.17) is 0 Å². The monoisotopic (exact) mass is 323 g/mol. The van der Waals surface area contributed by atoms with Crippen LogP contribution in [-0.2, 0) is 4.79 Å². The molecule has 120 valence electrons. The Labute approximate surface area is 137 Å². The van der Waals surface area contributed by atoms with E-state index < -0.39 is 0 Å². The molecule has 0 saturated carbocycles. The van der Waals surface area contributed by atoms with Gasteiger partial charge in [0, 0.05) is 12.3 Å². The largest absolute Gasteiger partial charge is 0.508 e. The first-order chi connectivity index (χ1) is 11.6. The number of fused-ring (bicyclic) bond motifs is 1. The molecule has 1 amide bonds. The zero-order chi connectivity index (χ0) is 16.7. The van der Waals surface area contributed by atoms with Crippen molar-refractivity contribution in [2.45, 2.75) is 12.3 Å². The van der Waals surface area contributed by atoms with Gasteiger partial charge in [0.25, 0.3) is 0 Å². The lowest BCUT2D eigenvalue weighted by Crippen LogP contribution is -2.24. The normalized spacial score (nSPS) is 16.5. The maximum Gasteiger partial charge on any atom is 0.226 e. The standard InChI is InChI=1S/C18H14FN3O2/c19-12-4-2-5-13(8-12)22-10-20-17-15(9-16(24)21-18(17)22)11-3-1-6-14(23)7-11/h1-8,10,15,23H,9H2,(H,21,24). The van der Waals surface area contributed by atoms with Crippen molar-refractivity contribution in [3.05, 3.63) is 71.9 Å². The minimum absolute atomic E-state index is 0.143. The predicted molar refractivity (Wildman–Crippen MR) is 86.7 cm³/mol. The smallest absolute Gasteiger partial charge is 0.226 e. The van der Waals surface area contributed by atoms with Gasteiger partial charge in [-0.15, -0.1) is 0 Å². The number of nitrogens with one attached hydrogen (secondary N) is 1. The van der Waals surface area contributed by atoms with Gasteiger partial charge < -0.3 is 10.4 Å². The molecule has 1 aromatic heterocycles. The predicted octanol–water partition coefficient (Wildman–Crippen LogP) is 3.19. The van der Waals surface area contributed by atoms with Gasteiger partial charge in [-0.3, -0.25) is 9.36 Å². The number of hydrogen-bond acceptors (Lipinski definition) is 3. The van der Waals surface area contributed by atoms with E-state index in [1.807, 2.05) is 6.07 Å². The zero-order valence-corrected chi connectivity index (χ0v) is 12.6. The highest BCUT2D eigenvalue weighted by Gasteiger charge is 2.31. The van der Waals surface area contributed by atoms with Crippen LogP contribution in [0.4, 0.5) is 10.2 Å². The van der Waals surface area contributed by atoms with Crippen molar-refractivity contribution in [3.8, 4) is 11.4 Å². The van der Waals surface area contributed by atoms with Crippen molar-refractivity contribution in [3.63, 3.8) is 0 Å². The van der Waals surface area contributed by atoms with Gasteiger partial charge in [-0.25, -0.2) is 9.37 Å². The number of phenols is 1. The molecule has 2 N–H and O–H groups in total. The Kier molecular flexibility index (Phi) is 3.30. The Hall–Kier alpha value is -3.15. The SMILES string of the molecule is O=C1CC(c2cccc(O)c2)c2ncn(-c3cccc(F)c3)c2N1. The van der Waals surface area contributed by atoms with Crippen LogP contribution in [-0.4, -0.2) is 20.6 Å². The van der Waals surface area contributed by atoms with Crippen LogP contribution < -0.4 is 5.32 Å².